The van der Waals surface area contributed by atoms with Crippen LogP contribution >= 0.6 is 15.9 Å². The van der Waals surface area contributed by atoms with Crippen molar-refractivity contribution in [3.8, 4) is 5.75 Å². The molecular weight excluding hydrogens is 294 g/mol. The highest BCUT2D eigenvalue weighted by molar-refractivity contribution is 9.10. The molecule has 5 heteroatoms. The maximum Gasteiger partial charge on any atom is 0.167 e. The predicted molar refractivity (Wildman–Crippen MR) is 71.5 cm³/mol. The fraction of sp³-hybridized carbons (Fsp3) is 0.0769. The van der Waals surface area contributed by atoms with Crippen molar-refractivity contribution in [3.63, 3.8) is 0 Å². The molecule has 0 bridgehead atoms. The van der Waals surface area contributed by atoms with Gasteiger partial charge in [0.15, 0.2) is 5.75 Å². The lowest BCUT2D eigenvalue weighted by Crippen LogP contribution is -1.95. The van der Waals surface area contributed by atoms with Gasteiger partial charge in [0.05, 0.1) is 18.6 Å². The molecule has 3 rings (SSSR count). The van der Waals surface area contributed by atoms with Gasteiger partial charge in [-0.25, -0.2) is 9.50 Å². The lowest BCUT2D eigenvalue weighted by molar-refractivity contribution is 0.310. The molecule has 90 valence electrons. The van der Waals surface area contributed by atoms with Crippen molar-refractivity contribution in [1.29, 1.82) is 0 Å². The van der Waals surface area contributed by atoms with E-state index in [1.165, 1.54) is 0 Å². The van der Waals surface area contributed by atoms with E-state index >= 15 is 0 Å². The standard InChI is InChI=1S/C13H10BrN3O/c14-13-8-17-11(6-15-13)12(7-16-17)18-9-10-4-2-1-3-5-10/h1-8H,9H2. The summed E-state index contributed by atoms with van der Waals surface area (Å²) < 4.78 is 8.22. The molecule has 0 N–H and O–H groups in total. The number of aromatic nitrogens is 3. The van der Waals surface area contributed by atoms with Gasteiger partial charge in [-0.1, -0.05) is 30.3 Å². The largest absolute Gasteiger partial charge is 0.485 e. The van der Waals surface area contributed by atoms with Gasteiger partial charge in [-0.05, 0) is 21.5 Å². The third-order valence-corrected chi connectivity index (χ3v) is 2.98. The molecule has 0 unspecified atom stereocenters. The molecule has 18 heavy (non-hydrogen) atoms. The van der Waals surface area contributed by atoms with E-state index in [9.17, 15) is 0 Å². The molecule has 0 spiro atoms. The van der Waals surface area contributed by atoms with E-state index in [0.29, 0.717) is 6.61 Å². The molecule has 0 saturated carbocycles. The monoisotopic (exact) mass is 303 g/mol. The smallest absolute Gasteiger partial charge is 0.167 e. The maximum atomic E-state index is 5.75. The Balaban J connectivity index is 1.83. The molecule has 0 aliphatic heterocycles. The van der Waals surface area contributed by atoms with Crippen LogP contribution in [0.5, 0.6) is 5.75 Å². The lowest BCUT2D eigenvalue weighted by atomic mass is 10.2. The zero-order chi connectivity index (χ0) is 12.4. The third-order valence-electron chi connectivity index (χ3n) is 2.57. The Labute approximate surface area is 112 Å². The van der Waals surface area contributed by atoms with Gasteiger partial charge in [0.25, 0.3) is 0 Å². The Kier molecular flexibility index (Phi) is 2.98. The molecule has 0 atom stereocenters. The highest BCUT2D eigenvalue weighted by atomic mass is 79.9. The first-order valence-electron chi connectivity index (χ1n) is 5.48. The van der Waals surface area contributed by atoms with Gasteiger partial charge < -0.3 is 4.74 Å². The molecule has 0 aliphatic rings. The highest BCUT2D eigenvalue weighted by Crippen LogP contribution is 2.20. The number of halogens is 1. The second-order valence-electron chi connectivity index (χ2n) is 3.82. The van der Waals surface area contributed by atoms with E-state index in [0.717, 1.165) is 21.4 Å². The summed E-state index contributed by atoms with van der Waals surface area (Å²) in [5, 5.41) is 4.21. The van der Waals surface area contributed by atoms with E-state index in [1.807, 2.05) is 30.3 Å². The van der Waals surface area contributed by atoms with Gasteiger partial charge in [-0.15, -0.1) is 0 Å². The molecule has 0 aliphatic carbocycles. The van der Waals surface area contributed by atoms with E-state index in [2.05, 4.69) is 26.0 Å². The van der Waals surface area contributed by atoms with Gasteiger partial charge in [0.2, 0.25) is 0 Å². The molecule has 0 fully saturated rings. The summed E-state index contributed by atoms with van der Waals surface area (Å²) in [5.41, 5.74) is 1.98. The van der Waals surface area contributed by atoms with Crippen LogP contribution in [0.25, 0.3) is 5.52 Å². The number of ether oxygens (including phenoxy) is 1. The summed E-state index contributed by atoms with van der Waals surface area (Å²) in [7, 11) is 0. The van der Waals surface area contributed by atoms with Crippen LogP contribution in [0.3, 0.4) is 0 Å². The average molecular weight is 304 g/mol. The second kappa shape index (κ2) is 4.78. The highest BCUT2D eigenvalue weighted by Gasteiger charge is 2.06. The van der Waals surface area contributed by atoms with Crippen LogP contribution in [0.2, 0.25) is 0 Å². The fourth-order valence-corrected chi connectivity index (χ4v) is 1.98. The van der Waals surface area contributed by atoms with Crippen molar-refractivity contribution in [2.45, 2.75) is 6.61 Å². The normalized spacial score (nSPS) is 10.7. The van der Waals surface area contributed by atoms with Crippen LogP contribution in [-0.2, 0) is 6.61 Å². The minimum atomic E-state index is 0.526. The molecule has 2 aromatic heterocycles. The van der Waals surface area contributed by atoms with Crippen LogP contribution in [0, 0.1) is 0 Å². The SMILES string of the molecule is Brc1cn2ncc(OCc3ccccc3)c2cn1. The van der Waals surface area contributed by atoms with Gasteiger partial charge >= 0.3 is 0 Å². The first-order valence-corrected chi connectivity index (χ1v) is 6.28. The first-order chi connectivity index (χ1) is 8.83. The maximum absolute atomic E-state index is 5.75. The summed E-state index contributed by atoms with van der Waals surface area (Å²) in [6, 6.07) is 10.0. The van der Waals surface area contributed by atoms with E-state index in [1.54, 1.807) is 23.1 Å². The molecule has 4 nitrogen and oxygen atoms in total. The van der Waals surface area contributed by atoms with Gasteiger partial charge in [0, 0.05) is 0 Å². The number of fused-ring (bicyclic) bond motifs is 1. The Bertz CT molecular complexity index is 666. The second-order valence-corrected chi connectivity index (χ2v) is 4.64. The van der Waals surface area contributed by atoms with E-state index in [-0.39, 0.29) is 0 Å². The van der Waals surface area contributed by atoms with Crippen LogP contribution in [0.1, 0.15) is 5.56 Å². The Morgan fingerprint density at radius 1 is 1.17 bits per heavy atom. The van der Waals surface area contributed by atoms with Crippen molar-refractivity contribution in [2.75, 3.05) is 0 Å². The zero-order valence-electron chi connectivity index (χ0n) is 9.45. The van der Waals surface area contributed by atoms with Crippen molar-refractivity contribution in [1.82, 2.24) is 14.6 Å². The van der Waals surface area contributed by atoms with Crippen LogP contribution in [0.4, 0.5) is 0 Å². The summed E-state index contributed by atoms with van der Waals surface area (Å²) in [5.74, 6) is 0.735. The van der Waals surface area contributed by atoms with Crippen molar-refractivity contribution in [3.05, 3.63) is 59.1 Å². The quantitative estimate of drug-likeness (QED) is 0.746. The summed E-state index contributed by atoms with van der Waals surface area (Å²) in [4.78, 5) is 4.17. The summed E-state index contributed by atoms with van der Waals surface area (Å²) in [6.07, 6.45) is 5.23. The number of rotatable bonds is 3. The Morgan fingerprint density at radius 3 is 2.83 bits per heavy atom. The van der Waals surface area contributed by atoms with E-state index in [4.69, 9.17) is 4.74 Å². The lowest BCUT2D eigenvalue weighted by Gasteiger charge is -2.04. The minimum Gasteiger partial charge on any atom is -0.485 e. The molecule has 0 amide bonds. The first kappa shape index (κ1) is 11.2. The van der Waals surface area contributed by atoms with Gasteiger partial charge in [0.1, 0.15) is 16.7 Å². The van der Waals surface area contributed by atoms with Crippen molar-refractivity contribution < 1.29 is 4.74 Å². The Morgan fingerprint density at radius 2 is 2.00 bits per heavy atom. The topological polar surface area (TPSA) is 39.4 Å². The molecule has 0 saturated heterocycles. The van der Waals surface area contributed by atoms with Crippen LogP contribution in [0.15, 0.2) is 53.5 Å². The number of nitrogens with zero attached hydrogens (tertiary/aromatic N) is 3. The van der Waals surface area contributed by atoms with Crippen molar-refractivity contribution >= 4 is 21.4 Å². The van der Waals surface area contributed by atoms with E-state index < -0.39 is 0 Å². The van der Waals surface area contributed by atoms with Gasteiger partial charge in [-0.3, -0.25) is 0 Å². The molecule has 0 radical (unpaired) electrons. The summed E-state index contributed by atoms with van der Waals surface area (Å²) >= 11 is 3.30. The van der Waals surface area contributed by atoms with Gasteiger partial charge in [-0.2, -0.15) is 5.10 Å². The zero-order valence-corrected chi connectivity index (χ0v) is 11.0. The van der Waals surface area contributed by atoms with Crippen LogP contribution in [-0.4, -0.2) is 14.6 Å². The average Bonchev–Trinajstić information content (AvgIpc) is 2.80. The number of hydrogen-bond acceptors (Lipinski definition) is 3. The molecule has 1 aromatic carbocycles. The predicted octanol–water partition coefficient (Wildman–Crippen LogP) is 3.07. The summed E-state index contributed by atoms with van der Waals surface area (Å²) in [6.45, 7) is 0.526. The molecule has 2 heterocycles. The molecular formula is C13H10BrN3O. The minimum absolute atomic E-state index is 0.526. The Hall–Kier alpha value is -1.88. The number of hydrogen-bond donors (Lipinski definition) is 0. The van der Waals surface area contributed by atoms with Crippen molar-refractivity contribution in [2.24, 2.45) is 0 Å². The fourth-order valence-electron chi connectivity index (χ4n) is 1.69. The van der Waals surface area contributed by atoms with Crippen LogP contribution < -0.4 is 4.74 Å². The third kappa shape index (κ3) is 2.22. The molecule has 3 aromatic rings. The number of benzene rings is 1.